The second-order valence-electron chi connectivity index (χ2n) is 5.12. The van der Waals surface area contributed by atoms with Gasteiger partial charge in [0.1, 0.15) is 5.69 Å². The van der Waals surface area contributed by atoms with Gasteiger partial charge in [-0.25, -0.2) is 4.98 Å². The van der Waals surface area contributed by atoms with Crippen LogP contribution in [-0.4, -0.2) is 10.9 Å². The second kappa shape index (κ2) is 3.30. The molecule has 4 heteroatoms. The summed E-state index contributed by atoms with van der Waals surface area (Å²) in [7, 11) is 0. The van der Waals surface area contributed by atoms with Crippen LogP contribution >= 0.6 is 11.3 Å². The predicted octanol–water partition coefficient (Wildman–Crippen LogP) is 2.42. The standard InChI is InChI=1S/C11H16N2OS/c1-11(2,3)10-13-7(9(12)14)8(15-10)6-4-5-6/h6H,4-5H2,1-3H3,(H2,12,14). The fourth-order valence-electron chi connectivity index (χ4n) is 1.45. The number of primary amides is 1. The summed E-state index contributed by atoms with van der Waals surface area (Å²) in [5.74, 6) is 0.157. The minimum absolute atomic E-state index is 0.00199. The third kappa shape index (κ3) is 2.04. The molecule has 1 fully saturated rings. The normalized spacial score (nSPS) is 16.7. The number of amides is 1. The topological polar surface area (TPSA) is 56.0 Å². The van der Waals surface area contributed by atoms with Crippen LogP contribution in [0.4, 0.5) is 0 Å². The van der Waals surface area contributed by atoms with E-state index >= 15 is 0 Å². The van der Waals surface area contributed by atoms with Crippen LogP contribution in [0.3, 0.4) is 0 Å². The van der Waals surface area contributed by atoms with Gasteiger partial charge in [-0.15, -0.1) is 11.3 Å². The molecule has 1 aliphatic carbocycles. The molecular weight excluding hydrogens is 208 g/mol. The summed E-state index contributed by atoms with van der Waals surface area (Å²) >= 11 is 1.65. The van der Waals surface area contributed by atoms with Gasteiger partial charge < -0.3 is 5.73 Å². The first-order chi connectivity index (χ1) is 6.89. The van der Waals surface area contributed by atoms with Gasteiger partial charge in [-0.2, -0.15) is 0 Å². The van der Waals surface area contributed by atoms with Gasteiger partial charge in [-0.1, -0.05) is 20.8 Å². The van der Waals surface area contributed by atoms with Crippen LogP contribution < -0.4 is 5.73 Å². The zero-order valence-electron chi connectivity index (χ0n) is 9.33. The summed E-state index contributed by atoms with van der Waals surface area (Å²) in [6.45, 7) is 6.31. The highest BCUT2D eigenvalue weighted by Gasteiger charge is 2.33. The van der Waals surface area contributed by atoms with Crippen LogP contribution in [0.2, 0.25) is 0 Å². The van der Waals surface area contributed by atoms with E-state index in [2.05, 4.69) is 25.8 Å². The Labute approximate surface area is 93.7 Å². The third-order valence-corrected chi connectivity index (χ3v) is 4.12. The van der Waals surface area contributed by atoms with Crippen molar-refractivity contribution in [3.05, 3.63) is 15.6 Å². The van der Waals surface area contributed by atoms with Crippen molar-refractivity contribution >= 4 is 17.2 Å². The van der Waals surface area contributed by atoms with Gasteiger partial charge in [0.2, 0.25) is 0 Å². The molecule has 1 heterocycles. The zero-order chi connectivity index (χ0) is 11.2. The van der Waals surface area contributed by atoms with Gasteiger partial charge >= 0.3 is 0 Å². The Hall–Kier alpha value is -0.900. The van der Waals surface area contributed by atoms with E-state index in [-0.39, 0.29) is 11.3 Å². The lowest BCUT2D eigenvalue weighted by molar-refractivity contribution is 0.0995. The monoisotopic (exact) mass is 224 g/mol. The Kier molecular flexibility index (Phi) is 2.34. The largest absolute Gasteiger partial charge is 0.364 e. The highest BCUT2D eigenvalue weighted by Crippen LogP contribution is 2.45. The molecule has 15 heavy (non-hydrogen) atoms. The minimum atomic E-state index is -0.386. The van der Waals surface area contributed by atoms with Crippen LogP contribution in [-0.2, 0) is 5.41 Å². The molecule has 0 saturated heterocycles. The average Bonchev–Trinajstić information content (AvgIpc) is 2.81. The molecule has 1 aromatic rings. The van der Waals surface area contributed by atoms with Crippen molar-refractivity contribution in [3.63, 3.8) is 0 Å². The molecular formula is C11H16N2OS. The average molecular weight is 224 g/mol. The molecule has 0 aliphatic heterocycles. The first-order valence-electron chi connectivity index (χ1n) is 5.20. The zero-order valence-corrected chi connectivity index (χ0v) is 10.1. The summed E-state index contributed by atoms with van der Waals surface area (Å²) < 4.78 is 0. The maximum Gasteiger partial charge on any atom is 0.268 e. The molecule has 1 aliphatic rings. The fraction of sp³-hybridized carbons (Fsp3) is 0.636. The highest BCUT2D eigenvalue weighted by molar-refractivity contribution is 7.12. The van der Waals surface area contributed by atoms with Crippen molar-refractivity contribution in [2.45, 2.75) is 44.9 Å². The molecule has 0 unspecified atom stereocenters. The van der Waals surface area contributed by atoms with E-state index in [1.807, 2.05) is 0 Å². The molecule has 0 bridgehead atoms. The number of carbonyl (C=O) groups is 1. The Morgan fingerprint density at radius 3 is 2.47 bits per heavy atom. The van der Waals surface area contributed by atoms with Crippen LogP contribution in [0, 0.1) is 0 Å². The Bertz CT molecular complexity index is 399. The smallest absolute Gasteiger partial charge is 0.268 e. The van der Waals surface area contributed by atoms with Crippen molar-refractivity contribution < 1.29 is 4.79 Å². The van der Waals surface area contributed by atoms with Crippen molar-refractivity contribution in [1.82, 2.24) is 4.98 Å². The van der Waals surface area contributed by atoms with Crippen LogP contribution in [0.25, 0.3) is 0 Å². The van der Waals surface area contributed by atoms with E-state index < -0.39 is 0 Å². The molecule has 2 rings (SSSR count). The molecule has 1 saturated carbocycles. The van der Waals surface area contributed by atoms with E-state index in [1.54, 1.807) is 11.3 Å². The predicted molar refractivity (Wildman–Crippen MR) is 61.3 cm³/mol. The number of hydrogen-bond acceptors (Lipinski definition) is 3. The second-order valence-corrected chi connectivity index (χ2v) is 6.15. The van der Waals surface area contributed by atoms with E-state index in [0.29, 0.717) is 11.6 Å². The summed E-state index contributed by atoms with van der Waals surface area (Å²) in [4.78, 5) is 16.8. The number of nitrogens with zero attached hydrogens (tertiary/aromatic N) is 1. The van der Waals surface area contributed by atoms with Crippen molar-refractivity contribution in [2.75, 3.05) is 0 Å². The first kappa shape index (κ1) is 10.6. The Balaban J connectivity index is 2.44. The van der Waals surface area contributed by atoms with Crippen molar-refractivity contribution in [1.29, 1.82) is 0 Å². The highest BCUT2D eigenvalue weighted by atomic mass is 32.1. The summed E-state index contributed by atoms with van der Waals surface area (Å²) in [6.07, 6.45) is 2.35. The maximum absolute atomic E-state index is 11.3. The molecule has 0 radical (unpaired) electrons. The van der Waals surface area contributed by atoms with Gasteiger partial charge in [0, 0.05) is 10.3 Å². The van der Waals surface area contributed by atoms with Gasteiger partial charge in [0.05, 0.1) is 5.01 Å². The molecule has 0 aromatic carbocycles. The lowest BCUT2D eigenvalue weighted by atomic mass is 9.98. The molecule has 0 atom stereocenters. The summed E-state index contributed by atoms with van der Waals surface area (Å²) in [5.41, 5.74) is 5.85. The number of hydrogen-bond donors (Lipinski definition) is 1. The number of rotatable bonds is 2. The van der Waals surface area contributed by atoms with Gasteiger partial charge in [0.15, 0.2) is 0 Å². The quantitative estimate of drug-likeness (QED) is 0.838. The van der Waals surface area contributed by atoms with E-state index in [9.17, 15) is 4.79 Å². The lowest BCUT2D eigenvalue weighted by Crippen LogP contribution is -2.15. The molecule has 0 spiro atoms. The molecule has 1 amide bonds. The lowest BCUT2D eigenvalue weighted by Gasteiger charge is -2.13. The van der Waals surface area contributed by atoms with Gasteiger partial charge in [-0.05, 0) is 18.8 Å². The molecule has 2 N–H and O–H groups in total. The SMILES string of the molecule is CC(C)(C)c1nc(C(N)=O)c(C2CC2)s1. The van der Waals surface area contributed by atoms with E-state index in [0.717, 1.165) is 9.88 Å². The first-order valence-corrected chi connectivity index (χ1v) is 6.02. The Morgan fingerprint density at radius 1 is 1.47 bits per heavy atom. The van der Waals surface area contributed by atoms with Crippen molar-refractivity contribution in [2.24, 2.45) is 5.73 Å². The number of carbonyl (C=O) groups excluding carboxylic acids is 1. The van der Waals surface area contributed by atoms with Crippen molar-refractivity contribution in [3.8, 4) is 0 Å². The van der Waals surface area contributed by atoms with Gasteiger partial charge in [0.25, 0.3) is 5.91 Å². The van der Waals surface area contributed by atoms with Crippen LogP contribution in [0.5, 0.6) is 0 Å². The Morgan fingerprint density at radius 2 is 2.07 bits per heavy atom. The molecule has 3 nitrogen and oxygen atoms in total. The third-order valence-electron chi connectivity index (χ3n) is 2.48. The number of nitrogens with two attached hydrogens (primary N) is 1. The van der Waals surface area contributed by atoms with Crippen LogP contribution in [0.1, 0.15) is 59.9 Å². The fourth-order valence-corrected chi connectivity index (χ4v) is 2.75. The number of thiazole rings is 1. The number of aromatic nitrogens is 1. The summed E-state index contributed by atoms with van der Waals surface area (Å²) in [6, 6.07) is 0. The van der Waals surface area contributed by atoms with E-state index in [4.69, 9.17) is 5.73 Å². The van der Waals surface area contributed by atoms with Crippen LogP contribution in [0.15, 0.2) is 0 Å². The molecule has 82 valence electrons. The molecule has 1 aromatic heterocycles. The van der Waals surface area contributed by atoms with Gasteiger partial charge in [-0.3, -0.25) is 4.79 Å². The maximum atomic E-state index is 11.3. The van der Waals surface area contributed by atoms with E-state index in [1.165, 1.54) is 12.8 Å². The summed E-state index contributed by atoms with van der Waals surface area (Å²) in [5, 5.41) is 1.01. The minimum Gasteiger partial charge on any atom is -0.364 e.